The van der Waals surface area contributed by atoms with Gasteiger partial charge in [0.2, 0.25) is 0 Å². The van der Waals surface area contributed by atoms with Crippen LogP contribution >= 0.6 is 15.9 Å². The van der Waals surface area contributed by atoms with Gasteiger partial charge >= 0.3 is 0 Å². The van der Waals surface area contributed by atoms with E-state index in [0.29, 0.717) is 16.6 Å². The number of hydrogen-bond acceptors (Lipinski definition) is 2. The highest BCUT2D eigenvalue weighted by molar-refractivity contribution is 9.10. The van der Waals surface area contributed by atoms with Crippen molar-refractivity contribution in [3.8, 4) is 0 Å². The molecule has 21 heavy (non-hydrogen) atoms. The third-order valence-corrected chi connectivity index (χ3v) is 3.47. The molecule has 0 aliphatic heterocycles. The molecule has 3 nitrogen and oxygen atoms in total. The third kappa shape index (κ3) is 4.37. The smallest absolute Gasteiger partial charge is 0.258 e. The van der Waals surface area contributed by atoms with Crippen molar-refractivity contribution in [3.63, 3.8) is 0 Å². The number of hydrogen-bond donors (Lipinski definition) is 2. The first-order valence-electron chi connectivity index (χ1n) is 6.56. The van der Waals surface area contributed by atoms with E-state index in [1.165, 1.54) is 12.1 Å². The molecule has 2 N–H and O–H groups in total. The number of aliphatic hydroxyl groups excluding tert-OH is 1. The van der Waals surface area contributed by atoms with Crippen LogP contribution in [0.15, 0.2) is 46.9 Å². The van der Waals surface area contributed by atoms with E-state index in [1.54, 1.807) is 12.1 Å². The number of benzene rings is 2. The molecule has 0 unspecified atom stereocenters. The molecule has 0 fully saturated rings. The summed E-state index contributed by atoms with van der Waals surface area (Å²) in [4.78, 5) is 12.1. The van der Waals surface area contributed by atoms with E-state index >= 15 is 0 Å². The third-order valence-electron chi connectivity index (χ3n) is 2.98. The van der Waals surface area contributed by atoms with E-state index in [1.807, 2.05) is 18.2 Å². The van der Waals surface area contributed by atoms with Crippen molar-refractivity contribution < 1.29 is 14.3 Å². The highest BCUT2D eigenvalue weighted by atomic mass is 79.9. The van der Waals surface area contributed by atoms with Gasteiger partial charge in [0.25, 0.3) is 5.91 Å². The van der Waals surface area contributed by atoms with Gasteiger partial charge in [-0.15, -0.1) is 0 Å². The quantitative estimate of drug-likeness (QED) is 0.861. The first-order chi connectivity index (χ1) is 10.1. The molecule has 2 aromatic carbocycles. The van der Waals surface area contributed by atoms with Gasteiger partial charge in [-0.2, -0.15) is 0 Å². The first-order valence-corrected chi connectivity index (χ1v) is 7.35. The average Bonchev–Trinajstić information content (AvgIpc) is 2.48. The number of amides is 1. The number of carbonyl (C=O) groups excluding carboxylic acids is 1. The molecule has 0 aromatic heterocycles. The van der Waals surface area contributed by atoms with Gasteiger partial charge in [-0.3, -0.25) is 4.79 Å². The number of aliphatic hydroxyl groups is 1. The van der Waals surface area contributed by atoms with Crippen molar-refractivity contribution in [2.45, 2.75) is 12.8 Å². The van der Waals surface area contributed by atoms with Crippen molar-refractivity contribution in [3.05, 3.63) is 63.9 Å². The summed E-state index contributed by atoms with van der Waals surface area (Å²) in [6, 6.07) is 11.5. The van der Waals surface area contributed by atoms with Gasteiger partial charge in [0, 0.05) is 16.8 Å². The lowest BCUT2D eigenvalue weighted by Crippen LogP contribution is -2.14. The number of halogens is 2. The lowest BCUT2D eigenvalue weighted by molar-refractivity contribution is 0.102. The molecule has 0 radical (unpaired) electrons. The number of anilines is 1. The van der Waals surface area contributed by atoms with Crippen LogP contribution < -0.4 is 5.32 Å². The molecule has 0 bridgehead atoms. The molecule has 0 aliphatic rings. The second-order valence-corrected chi connectivity index (χ2v) is 5.52. The maximum absolute atomic E-state index is 13.7. The topological polar surface area (TPSA) is 49.3 Å². The van der Waals surface area contributed by atoms with Gasteiger partial charge in [-0.05, 0) is 48.7 Å². The minimum absolute atomic E-state index is 0.00913. The number of nitrogens with one attached hydrogen (secondary N) is 1. The van der Waals surface area contributed by atoms with Gasteiger partial charge in [-0.25, -0.2) is 4.39 Å². The van der Waals surface area contributed by atoms with Crippen LogP contribution in [-0.4, -0.2) is 17.6 Å². The van der Waals surface area contributed by atoms with E-state index in [0.717, 1.165) is 12.0 Å². The van der Waals surface area contributed by atoms with E-state index in [2.05, 4.69) is 21.2 Å². The Morgan fingerprint density at radius 3 is 2.81 bits per heavy atom. The average molecular weight is 352 g/mol. The fraction of sp³-hybridized carbons (Fsp3) is 0.188. The molecule has 2 rings (SSSR count). The normalized spacial score (nSPS) is 10.4. The zero-order chi connectivity index (χ0) is 15.2. The largest absolute Gasteiger partial charge is 0.396 e. The summed E-state index contributed by atoms with van der Waals surface area (Å²) in [5, 5.41) is 11.5. The maximum Gasteiger partial charge on any atom is 0.258 e. The number of rotatable bonds is 5. The maximum atomic E-state index is 13.7. The summed E-state index contributed by atoms with van der Waals surface area (Å²) in [6.07, 6.45) is 1.39. The fourth-order valence-corrected chi connectivity index (χ4v) is 2.32. The molecule has 5 heteroatoms. The zero-order valence-corrected chi connectivity index (χ0v) is 12.9. The standard InChI is InChI=1S/C16H15BrFNO2/c17-12-6-7-15(18)14(10-12)16(21)19-13-5-1-3-11(9-13)4-2-8-20/h1,3,5-7,9-10,20H,2,4,8H2,(H,19,21). The van der Waals surface area contributed by atoms with Crippen LogP contribution in [0.1, 0.15) is 22.3 Å². The summed E-state index contributed by atoms with van der Waals surface area (Å²) in [7, 11) is 0. The molecule has 0 spiro atoms. The van der Waals surface area contributed by atoms with E-state index < -0.39 is 11.7 Å². The molecule has 0 aliphatic carbocycles. The van der Waals surface area contributed by atoms with Crippen LogP contribution in [0.3, 0.4) is 0 Å². The Kier molecular flexibility index (Phi) is 5.47. The molecule has 0 saturated carbocycles. The Balaban J connectivity index is 2.14. The summed E-state index contributed by atoms with van der Waals surface area (Å²) >= 11 is 3.22. The lowest BCUT2D eigenvalue weighted by Gasteiger charge is -2.08. The van der Waals surface area contributed by atoms with Crippen molar-refractivity contribution in [2.75, 3.05) is 11.9 Å². The Labute approximate surface area is 130 Å². The molecular formula is C16H15BrFNO2. The molecule has 2 aromatic rings. The SMILES string of the molecule is O=C(Nc1cccc(CCCO)c1)c1cc(Br)ccc1F. The van der Waals surface area contributed by atoms with Crippen molar-refractivity contribution >= 4 is 27.5 Å². The van der Waals surface area contributed by atoms with E-state index in [9.17, 15) is 9.18 Å². The Bertz CT molecular complexity index is 646. The first kappa shape index (κ1) is 15.7. The van der Waals surface area contributed by atoms with Gasteiger partial charge < -0.3 is 10.4 Å². The summed E-state index contributed by atoms with van der Waals surface area (Å²) < 4.78 is 14.3. The van der Waals surface area contributed by atoms with Gasteiger partial charge in [0.05, 0.1) is 5.56 Å². The summed E-state index contributed by atoms with van der Waals surface area (Å²) in [5.74, 6) is -1.06. The second-order valence-electron chi connectivity index (χ2n) is 4.61. The van der Waals surface area contributed by atoms with Crippen LogP contribution in [0.5, 0.6) is 0 Å². The Hall–Kier alpha value is -1.72. The fourth-order valence-electron chi connectivity index (χ4n) is 1.96. The van der Waals surface area contributed by atoms with Crippen LogP contribution in [0, 0.1) is 5.82 Å². The van der Waals surface area contributed by atoms with Gasteiger partial charge in [0.15, 0.2) is 0 Å². The van der Waals surface area contributed by atoms with Crippen LogP contribution in [-0.2, 0) is 6.42 Å². The predicted octanol–water partition coefficient (Wildman–Crippen LogP) is 3.77. The number of carbonyl (C=O) groups is 1. The lowest BCUT2D eigenvalue weighted by atomic mass is 10.1. The van der Waals surface area contributed by atoms with Crippen LogP contribution in [0.4, 0.5) is 10.1 Å². The predicted molar refractivity (Wildman–Crippen MR) is 83.9 cm³/mol. The van der Waals surface area contributed by atoms with Crippen molar-refractivity contribution in [1.82, 2.24) is 0 Å². The van der Waals surface area contributed by atoms with Crippen LogP contribution in [0.2, 0.25) is 0 Å². The van der Waals surface area contributed by atoms with E-state index in [4.69, 9.17) is 5.11 Å². The molecule has 0 saturated heterocycles. The Morgan fingerprint density at radius 2 is 2.05 bits per heavy atom. The highest BCUT2D eigenvalue weighted by Crippen LogP contribution is 2.18. The summed E-state index contributed by atoms with van der Waals surface area (Å²) in [5.41, 5.74) is 1.61. The molecule has 110 valence electrons. The monoisotopic (exact) mass is 351 g/mol. The van der Waals surface area contributed by atoms with Gasteiger partial charge in [0.1, 0.15) is 5.82 Å². The second kappa shape index (κ2) is 7.33. The molecular weight excluding hydrogens is 337 g/mol. The van der Waals surface area contributed by atoms with Crippen LogP contribution in [0.25, 0.3) is 0 Å². The van der Waals surface area contributed by atoms with Crippen molar-refractivity contribution in [2.24, 2.45) is 0 Å². The van der Waals surface area contributed by atoms with E-state index in [-0.39, 0.29) is 12.2 Å². The molecule has 0 atom stereocenters. The highest BCUT2D eigenvalue weighted by Gasteiger charge is 2.12. The summed E-state index contributed by atoms with van der Waals surface area (Å²) in [6.45, 7) is 0.125. The zero-order valence-electron chi connectivity index (χ0n) is 11.3. The minimum Gasteiger partial charge on any atom is -0.396 e. The van der Waals surface area contributed by atoms with Gasteiger partial charge in [-0.1, -0.05) is 28.1 Å². The number of aryl methyl sites for hydroxylation is 1. The van der Waals surface area contributed by atoms with Crippen molar-refractivity contribution in [1.29, 1.82) is 0 Å². The Morgan fingerprint density at radius 1 is 1.24 bits per heavy atom. The minimum atomic E-state index is -0.563. The molecule has 1 amide bonds. The molecule has 0 heterocycles.